The van der Waals surface area contributed by atoms with E-state index < -0.39 is 0 Å². The molecule has 2 rings (SSSR count). The van der Waals surface area contributed by atoms with Crippen LogP contribution >= 0.6 is 24.0 Å². The van der Waals surface area contributed by atoms with E-state index in [1.165, 1.54) is 11.3 Å². The molecule has 0 spiro atoms. The van der Waals surface area contributed by atoms with Gasteiger partial charge in [-0.05, 0) is 38.3 Å². The molecule has 1 aliphatic heterocycles. The molecule has 0 atom stereocenters. The summed E-state index contributed by atoms with van der Waals surface area (Å²) in [5.74, 6) is 0.755. The van der Waals surface area contributed by atoms with Gasteiger partial charge in [-0.1, -0.05) is 18.2 Å². The van der Waals surface area contributed by atoms with Crippen molar-refractivity contribution in [2.24, 2.45) is 4.99 Å². The van der Waals surface area contributed by atoms with Gasteiger partial charge in [-0.3, -0.25) is 9.79 Å². The minimum absolute atomic E-state index is 0. The normalized spacial score (nSPS) is 13.3. The predicted octanol–water partition coefficient (Wildman–Crippen LogP) is 2.98. The van der Waals surface area contributed by atoms with Crippen molar-refractivity contribution in [1.29, 1.82) is 0 Å². The fourth-order valence-corrected chi connectivity index (χ4v) is 2.59. The van der Waals surface area contributed by atoms with Crippen molar-refractivity contribution < 1.29 is 9.53 Å². The van der Waals surface area contributed by atoms with Crippen LogP contribution in [-0.4, -0.2) is 38.2 Å². The minimum Gasteiger partial charge on any atom is -0.466 e. The number of benzene rings is 1. The molecule has 0 saturated carbocycles. The van der Waals surface area contributed by atoms with E-state index in [2.05, 4.69) is 46.4 Å². The first-order valence-electron chi connectivity index (χ1n) is 8.05. The van der Waals surface area contributed by atoms with Crippen LogP contribution in [0.2, 0.25) is 0 Å². The molecule has 1 aliphatic rings. The highest BCUT2D eigenvalue weighted by Crippen LogP contribution is 2.27. The van der Waals surface area contributed by atoms with Crippen LogP contribution in [0, 0.1) is 0 Å². The third-order valence-corrected chi connectivity index (χ3v) is 3.58. The lowest BCUT2D eigenvalue weighted by atomic mass is 10.2. The summed E-state index contributed by atoms with van der Waals surface area (Å²) in [5.41, 5.74) is 2.59. The average molecular weight is 431 g/mol. The van der Waals surface area contributed by atoms with E-state index in [0.29, 0.717) is 26.0 Å². The number of fused-ring (bicyclic) bond motifs is 1. The molecule has 23 heavy (non-hydrogen) atoms. The first-order chi connectivity index (χ1) is 10.8. The van der Waals surface area contributed by atoms with Gasteiger partial charge in [0.2, 0.25) is 0 Å². The average Bonchev–Trinajstić information content (AvgIpc) is 2.94. The van der Waals surface area contributed by atoms with Crippen LogP contribution < -0.4 is 10.2 Å². The van der Waals surface area contributed by atoms with Gasteiger partial charge >= 0.3 is 5.97 Å². The van der Waals surface area contributed by atoms with Gasteiger partial charge in [0.15, 0.2) is 5.96 Å². The molecule has 0 aliphatic carbocycles. The number of carbonyl (C=O) groups is 1. The molecule has 0 fully saturated rings. The van der Waals surface area contributed by atoms with Crippen LogP contribution in [0.5, 0.6) is 0 Å². The maximum atomic E-state index is 11.3. The number of carbonyl (C=O) groups excluding carboxylic acids is 1. The summed E-state index contributed by atoms with van der Waals surface area (Å²) in [6.45, 7) is 6.73. The SMILES string of the molecule is CCNC(=NCCCC(=O)OCC)N1CCc2ccccc21.I. The Bertz CT molecular complexity index is 534. The van der Waals surface area contributed by atoms with Crippen molar-refractivity contribution >= 4 is 41.6 Å². The standard InChI is InChI=1S/C17H25N3O2.HI/c1-3-18-17(19-12-7-10-16(21)22-4-2)20-13-11-14-8-5-6-9-15(14)20;/h5-6,8-9H,3-4,7,10-13H2,1-2H3,(H,18,19);1H. The van der Waals surface area contributed by atoms with Gasteiger partial charge in [0.05, 0.1) is 6.61 Å². The van der Waals surface area contributed by atoms with Crippen LogP contribution in [0.3, 0.4) is 0 Å². The number of hydrogen-bond donors (Lipinski definition) is 1. The minimum atomic E-state index is -0.144. The molecule has 0 bridgehead atoms. The smallest absolute Gasteiger partial charge is 0.305 e. The quantitative estimate of drug-likeness (QED) is 0.248. The first kappa shape index (κ1) is 19.7. The monoisotopic (exact) mass is 431 g/mol. The summed E-state index contributed by atoms with van der Waals surface area (Å²) < 4.78 is 4.93. The van der Waals surface area contributed by atoms with Gasteiger partial charge in [-0.2, -0.15) is 0 Å². The van der Waals surface area contributed by atoms with Crippen LogP contribution in [0.1, 0.15) is 32.3 Å². The van der Waals surface area contributed by atoms with Crippen molar-refractivity contribution in [3.05, 3.63) is 29.8 Å². The molecule has 0 saturated heterocycles. The topological polar surface area (TPSA) is 53.9 Å². The Kier molecular flexibility index (Phi) is 8.98. The molecular weight excluding hydrogens is 405 g/mol. The number of anilines is 1. The Hall–Kier alpha value is -1.31. The summed E-state index contributed by atoms with van der Waals surface area (Å²) >= 11 is 0. The third-order valence-electron chi connectivity index (χ3n) is 3.58. The number of aliphatic imine (C=N–C) groups is 1. The number of ether oxygens (including phenoxy) is 1. The zero-order chi connectivity index (χ0) is 15.8. The number of para-hydroxylation sites is 1. The van der Waals surface area contributed by atoms with E-state index in [1.54, 1.807) is 0 Å². The fraction of sp³-hybridized carbons (Fsp3) is 0.529. The molecule has 1 aromatic rings. The molecule has 6 heteroatoms. The van der Waals surface area contributed by atoms with Gasteiger partial charge < -0.3 is 15.0 Å². The lowest BCUT2D eigenvalue weighted by Crippen LogP contribution is -2.40. The largest absolute Gasteiger partial charge is 0.466 e. The van der Waals surface area contributed by atoms with E-state index in [9.17, 15) is 4.79 Å². The van der Waals surface area contributed by atoms with Gasteiger partial charge in [0.1, 0.15) is 0 Å². The van der Waals surface area contributed by atoms with Crippen LogP contribution in [0.25, 0.3) is 0 Å². The summed E-state index contributed by atoms with van der Waals surface area (Å²) in [4.78, 5) is 18.2. The highest BCUT2D eigenvalue weighted by Gasteiger charge is 2.22. The van der Waals surface area contributed by atoms with E-state index in [0.717, 1.165) is 25.5 Å². The summed E-state index contributed by atoms with van der Waals surface area (Å²) in [7, 11) is 0. The highest BCUT2D eigenvalue weighted by molar-refractivity contribution is 14.0. The van der Waals surface area contributed by atoms with Crippen LogP contribution in [0.4, 0.5) is 5.69 Å². The third kappa shape index (κ3) is 5.67. The van der Waals surface area contributed by atoms with Gasteiger partial charge in [-0.15, -0.1) is 24.0 Å². The first-order valence-corrected chi connectivity index (χ1v) is 8.05. The second-order valence-corrected chi connectivity index (χ2v) is 5.17. The number of nitrogens with one attached hydrogen (secondary N) is 1. The molecule has 0 radical (unpaired) electrons. The molecule has 1 N–H and O–H groups in total. The lowest BCUT2D eigenvalue weighted by molar-refractivity contribution is -0.143. The Morgan fingerprint density at radius 2 is 2.13 bits per heavy atom. The van der Waals surface area contributed by atoms with Gasteiger partial charge in [-0.25, -0.2) is 0 Å². The number of hydrogen-bond acceptors (Lipinski definition) is 3. The van der Waals surface area contributed by atoms with E-state index in [4.69, 9.17) is 4.74 Å². The fourth-order valence-electron chi connectivity index (χ4n) is 2.59. The molecule has 128 valence electrons. The zero-order valence-corrected chi connectivity index (χ0v) is 16.2. The molecule has 5 nitrogen and oxygen atoms in total. The number of guanidine groups is 1. The maximum Gasteiger partial charge on any atom is 0.305 e. The van der Waals surface area contributed by atoms with E-state index >= 15 is 0 Å². The van der Waals surface area contributed by atoms with Crippen molar-refractivity contribution in [1.82, 2.24) is 5.32 Å². The molecule has 0 amide bonds. The second kappa shape index (κ2) is 10.5. The lowest BCUT2D eigenvalue weighted by Gasteiger charge is -2.22. The van der Waals surface area contributed by atoms with Gasteiger partial charge in [0.25, 0.3) is 0 Å². The van der Waals surface area contributed by atoms with Crippen LogP contribution in [0.15, 0.2) is 29.3 Å². The molecular formula is C17H26IN3O2. The number of nitrogens with zero attached hydrogens (tertiary/aromatic N) is 2. The number of esters is 1. The molecule has 0 aromatic heterocycles. The highest BCUT2D eigenvalue weighted by atomic mass is 127. The Balaban J connectivity index is 0.00000264. The van der Waals surface area contributed by atoms with E-state index in [-0.39, 0.29) is 29.9 Å². The molecule has 0 unspecified atom stereocenters. The van der Waals surface area contributed by atoms with Crippen molar-refractivity contribution in [3.63, 3.8) is 0 Å². The Morgan fingerprint density at radius 3 is 2.87 bits per heavy atom. The summed E-state index contributed by atoms with van der Waals surface area (Å²) in [6, 6.07) is 8.43. The van der Waals surface area contributed by atoms with Crippen molar-refractivity contribution in [2.75, 3.05) is 31.1 Å². The van der Waals surface area contributed by atoms with Gasteiger partial charge in [0, 0.05) is 31.7 Å². The summed E-state index contributed by atoms with van der Waals surface area (Å²) in [6.07, 6.45) is 2.18. The second-order valence-electron chi connectivity index (χ2n) is 5.17. The van der Waals surface area contributed by atoms with Crippen molar-refractivity contribution in [2.45, 2.75) is 33.1 Å². The maximum absolute atomic E-state index is 11.3. The number of halogens is 1. The molecule has 1 aromatic carbocycles. The van der Waals surface area contributed by atoms with Crippen molar-refractivity contribution in [3.8, 4) is 0 Å². The Labute approximate surface area is 155 Å². The molecule has 1 heterocycles. The zero-order valence-electron chi connectivity index (χ0n) is 13.9. The number of rotatable bonds is 6. The predicted molar refractivity (Wildman–Crippen MR) is 105 cm³/mol. The Morgan fingerprint density at radius 1 is 1.35 bits per heavy atom. The van der Waals surface area contributed by atoms with E-state index in [1.807, 2.05) is 6.92 Å². The summed E-state index contributed by atoms with van der Waals surface area (Å²) in [5, 5.41) is 3.34. The van der Waals surface area contributed by atoms with Crippen LogP contribution in [-0.2, 0) is 16.0 Å².